The van der Waals surface area contributed by atoms with Gasteiger partial charge in [-0.15, -0.1) is 0 Å². The lowest BCUT2D eigenvalue weighted by Crippen LogP contribution is -1.95. The normalized spacial score (nSPS) is 11.5. The van der Waals surface area contributed by atoms with Crippen molar-refractivity contribution in [1.82, 2.24) is 9.55 Å². The molecule has 0 amide bonds. The van der Waals surface area contributed by atoms with Crippen molar-refractivity contribution in [1.29, 1.82) is 0 Å². The van der Waals surface area contributed by atoms with E-state index in [2.05, 4.69) is 102 Å². The van der Waals surface area contributed by atoms with E-state index in [0.29, 0.717) is 0 Å². The molecule has 2 heterocycles. The average Bonchev–Trinajstić information content (AvgIpc) is 3.14. The van der Waals surface area contributed by atoms with E-state index in [1.54, 1.807) is 0 Å². The van der Waals surface area contributed by atoms with Crippen molar-refractivity contribution in [3.8, 4) is 16.8 Å². The van der Waals surface area contributed by atoms with Crippen LogP contribution >= 0.6 is 0 Å². The van der Waals surface area contributed by atoms with Gasteiger partial charge in [0, 0.05) is 28.0 Å². The molecule has 6 aromatic rings. The number of hydrogen-bond donors (Lipinski definition) is 0. The zero-order valence-electron chi connectivity index (χ0n) is 16.7. The van der Waals surface area contributed by atoms with Gasteiger partial charge in [0.25, 0.3) is 0 Å². The van der Waals surface area contributed by atoms with Gasteiger partial charge in [0.1, 0.15) is 0 Å². The molecule has 0 radical (unpaired) electrons. The van der Waals surface area contributed by atoms with Gasteiger partial charge in [-0.3, -0.25) is 4.98 Å². The third-order valence-corrected chi connectivity index (χ3v) is 5.89. The van der Waals surface area contributed by atoms with Gasteiger partial charge in [0.05, 0.1) is 16.6 Å². The summed E-state index contributed by atoms with van der Waals surface area (Å²) in [6, 6.07) is 34.4. The Kier molecular flexibility index (Phi) is 3.72. The third kappa shape index (κ3) is 2.54. The second-order valence-electron chi connectivity index (χ2n) is 7.81. The van der Waals surface area contributed by atoms with Crippen LogP contribution in [0.5, 0.6) is 0 Å². The summed E-state index contributed by atoms with van der Waals surface area (Å²) in [5.41, 5.74) is 8.32. The smallest absolute Gasteiger partial charge is 0.0723 e. The Morgan fingerprint density at radius 2 is 1.37 bits per heavy atom. The molecule has 0 bridgehead atoms. The summed E-state index contributed by atoms with van der Waals surface area (Å²) < 4.78 is 2.38. The number of rotatable bonds is 2. The number of benzene rings is 4. The van der Waals surface area contributed by atoms with E-state index in [9.17, 15) is 0 Å². The van der Waals surface area contributed by atoms with Gasteiger partial charge in [-0.1, -0.05) is 72.3 Å². The molecule has 0 aliphatic heterocycles. The fraction of sp³-hybridized carbons (Fsp3) is 0.0357. The lowest BCUT2D eigenvalue weighted by Gasteiger charge is -2.11. The maximum absolute atomic E-state index is 4.74. The third-order valence-electron chi connectivity index (χ3n) is 5.89. The second kappa shape index (κ2) is 6.57. The van der Waals surface area contributed by atoms with Crippen LogP contribution in [0.3, 0.4) is 0 Å². The van der Waals surface area contributed by atoms with Crippen molar-refractivity contribution < 1.29 is 0 Å². The van der Waals surface area contributed by atoms with Crippen molar-refractivity contribution in [2.45, 2.75) is 6.92 Å². The van der Waals surface area contributed by atoms with Crippen LogP contribution in [-0.4, -0.2) is 9.55 Å². The average molecular weight is 384 g/mol. The fourth-order valence-electron chi connectivity index (χ4n) is 4.45. The first-order chi connectivity index (χ1) is 14.8. The molecule has 142 valence electrons. The summed E-state index contributed by atoms with van der Waals surface area (Å²) in [6.07, 6.45) is 2.02. The van der Waals surface area contributed by atoms with E-state index in [0.717, 1.165) is 11.2 Å². The molecule has 0 aliphatic carbocycles. The number of para-hydroxylation sites is 1. The molecule has 0 N–H and O–H groups in total. The first-order valence-corrected chi connectivity index (χ1v) is 10.2. The molecule has 0 atom stereocenters. The van der Waals surface area contributed by atoms with E-state index >= 15 is 0 Å². The van der Waals surface area contributed by atoms with Gasteiger partial charge in [-0.2, -0.15) is 0 Å². The molecular formula is C28H20N2. The Morgan fingerprint density at radius 1 is 0.633 bits per heavy atom. The van der Waals surface area contributed by atoms with Crippen LogP contribution in [0.15, 0.2) is 103 Å². The van der Waals surface area contributed by atoms with Crippen molar-refractivity contribution in [2.24, 2.45) is 0 Å². The van der Waals surface area contributed by atoms with E-state index in [4.69, 9.17) is 4.98 Å². The van der Waals surface area contributed by atoms with E-state index in [1.807, 2.05) is 12.3 Å². The van der Waals surface area contributed by atoms with Crippen LogP contribution in [0.1, 0.15) is 5.56 Å². The molecule has 2 heteroatoms. The highest BCUT2D eigenvalue weighted by atomic mass is 15.0. The molecule has 0 saturated heterocycles. The lowest BCUT2D eigenvalue weighted by molar-refractivity contribution is 1.18. The Balaban J connectivity index is 1.68. The monoisotopic (exact) mass is 384 g/mol. The van der Waals surface area contributed by atoms with Gasteiger partial charge in [0.2, 0.25) is 0 Å². The second-order valence-corrected chi connectivity index (χ2v) is 7.81. The molecular weight excluding hydrogens is 364 g/mol. The number of aromatic nitrogens is 2. The molecule has 30 heavy (non-hydrogen) atoms. The van der Waals surface area contributed by atoms with Gasteiger partial charge < -0.3 is 4.57 Å². The molecule has 4 aromatic carbocycles. The predicted octanol–water partition coefficient (Wildman–Crippen LogP) is 7.31. The number of nitrogens with zero attached hydrogens (tertiary/aromatic N) is 2. The van der Waals surface area contributed by atoms with Gasteiger partial charge in [-0.25, -0.2) is 0 Å². The fourth-order valence-corrected chi connectivity index (χ4v) is 4.45. The van der Waals surface area contributed by atoms with E-state index < -0.39 is 0 Å². The summed E-state index contributed by atoms with van der Waals surface area (Å²) in [6.45, 7) is 2.14. The van der Waals surface area contributed by atoms with Crippen molar-refractivity contribution in [3.05, 3.63) is 109 Å². The number of fused-ring (bicyclic) bond motifs is 5. The SMILES string of the molecule is Cc1ccc2c(c1)c1cnc3ccccc3c1n2-c1ccc(-c2ccccc2)cc1. The van der Waals surface area contributed by atoms with Gasteiger partial charge >= 0.3 is 0 Å². The molecule has 0 aliphatic rings. The van der Waals surface area contributed by atoms with Crippen LogP contribution in [0, 0.1) is 6.92 Å². The van der Waals surface area contributed by atoms with Crippen molar-refractivity contribution in [2.75, 3.05) is 0 Å². The first kappa shape index (κ1) is 17.0. The number of pyridine rings is 1. The largest absolute Gasteiger partial charge is 0.309 e. The molecule has 0 fully saturated rings. The highest BCUT2D eigenvalue weighted by molar-refractivity contribution is 6.17. The van der Waals surface area contributed by atoms with E-state index in [-0.39, 0.29) is 0 Å². The standard InChI is InChI=1S/C28H20N2/c1-19-11-16-27-24(17-19)25-18-29-26-10-6-5-9-23(26)28(25)30(27)22-14-12-21(13-15-22)20-7-3-2-4-8-20/h2-18H,1H3. The van der Waals surface area contributed by atoms with Crippen molar-refractivity contribution in [3.63, 3.8) is 0 Å². The zero-order chi connectivity index (χ0) is 20.1. The predicted molar refractivity (Wildman–Crippen MR) is 126 cm³/mol. The summed E-state index contributed by atoms with van der Waals surface area (Å²) in [4.78, 5) is 4.74. The minimum Gasteiger partial charge on any atom is -0.309 e. The maximum atomic E-state index is 4.74. The molecule has 0 unspecified atom stereocenters. The van der Waals surface area contributed by atoms with Crippen molar-refractivity contribution >= 4 is 32.7 Å². The number of aryl methyl sites for hydroxylation is 1. The maximum Gasteiger partial charge on any atom is 0.0723 e. The first-order valence-electron chi connectivity index (χ1n) is 10.2. The van der Waals surface area contributed by atoms with E-state index in [1.165, 1.54) is 43.9 Å². The lowest BCUT2D eigenvalue weighted by atomic mass is 10.1. The summed E-state index contributed by atoms with van der Waals surface area (Å²) in [5, 5.41) is 3.62. The van der Waals surface area contributed by atoms with Crippen LogP contribution < -0.4 is 0 Å². The minimum atomic E-state index is 1.02. The highest BCUT2D eigenvalue weighted by Crippen LogP contribution is 2.36. The van der Waals surface area contributed by atoms with Crippen LogP contribution in [0.4, 0.5) is 0 Å². The zero-order valence-corrected chi connectivity index (χ0v) is 16.7. The Morgan fingerprint density at radius 3 is 2.20 bits per heavy atom. The Labute approximate surface area is 175 Å². The summed E-state index contributed by atoms with van der Waals surface area (Å²) >= 11 is 0. The quantitative estimate of drug-likeness (QED) is 0.306. The summed E-state index contributed by atoms with van der Waals surface area (Å²) in [5.74, 6) is 0. The topological polar surface area (TPSA) is 17.8 Å². The van der Waals surface area contributed by atoms with Gasteiger partial charge in [-0.05, 0) is 48.4 Å². The van der Waals surface area contributed by atoms with Crippen LogP contribution in [-0.2, 0) is 0 Å². The molecule has 2 aromatic heterocycles. The highest BCUT2D eigenvalue weighted by Gasteiger charge is 2.15. The van der Waals surface area contributed by atoms with Crippen LogP contribution in [0.25, 0.3) is 49.5 Å². The minimum absolute atomic E-state index is 1.02. The Bertz CT molecular complexity index is 1520. The molecule has 6 rings (SSSR count). The molecule has 2 nitrogen and oxygen atoms in total. The molecule has 0 spiro atoms. The van der Waals surface area contributed by atoms with Crippen LogP contribution in [0.2, 0.25) is 0 Å². The number of hydrogen-bond acceptors (Lipinski definition) is 1. The molecule has 0 saturated carbocycles. The Hall–Kier alpha value is -3.91. The van der Waals surface area contributed by atoms with Gasteiger partial charge in [0.15, 0.2) is 0 Å². The summed E-state index contributed by atoms with van der Waals surface area (Å²) in [7, 11) is 0.